The van der Waals surface area contributed by atoms with Gasteiger partial charge in [-0.25, -0.2) is 4.68 Å². The molecule has 1 aliphatic heterocycles. The van der Waals surface area contributed by atoms with Crippen LogP contribution in [0.5, 0.6) is 0 Å². The third-order valence-electron chi connectivity index (χ3n) is 3.49. The average Bonchev–Trinajstić information content (AvgIpc) is 3.01. The molecule has 1 aliphatic rings. The number of benzene rings is 1. The Bertz CT molecular complexity index is 504. The first kappa shape index (κ1) is 12.2. The van der Waals surface area contributed by atoms with Crippen LogP contribution in [0.2, 0.25) is 0 Å². The fourth-order valence-corrected chi connectivity index (χ4v) is 2.46. The lowest BCUT2D eigenvalue weighted by atomic mass is 10.0. The van der Waals surface area contributed by atoms with Gasteiger partial charge in [0, 0.05) is 25.5 Å². The predicted molar refractivity (Wildman–Crippen MR) is 75.6 cm³/mol. The number of aromatic nitrogens is 2. The molecule has 3 rings (SSSR count). The second kappa shape index (κ2) is 5.89. The molecule has 0 saturated carbocycles. The van der Waals surface area contributed by atoms with Crippen LogP contribution in [0.25, 0.3) is 5.69 Å². The third-order valence-corrected chi connectivity index (χ3v) is 3.49. The molecule has 1 N–H and O–H groups in total. The molecule has 100 valence electrons. The van der Waals surface area contributed by atoms with Crippen molar-refractivity contribution < 1.29 is 4.74 Å². The summed E-state index contributed by atoms with van der Waals surface area (Å²) in [5, 5.41) is 7.82. The topological polar surface area (TPSA) is 39.1 Å². The van der Waals surface area contributed by atoms with Gasteiger partial charge in [-0.1, -0.05) is 12.1 Å². The van der Waals surface area contributed by atoms with Crippen molar-refractivity contribution in [3.05, 3.63) is 42.7 Å². The average molecular weight is 257 g/mol. The van der Waals surface area contributed by atoms with Gasteiger partial charge in [0.05, 0.1) is 18.0 Å². The monoisotopic (exact) mass is 257 g/mol. The highest BCUT2D eigenvalue weighted by molar-refractivity contribution is 5.60. The Morgan fingerprint density at radius 1 is 1.32 bits per heavy atom. The van der Waals surface area contributed by atoms with Crippen LogP contribution in [0, 0.1) is 5.92 Å². The van der Waals surface area contributed by atoms with Crippen LogP contribution in [-0.2, 0) is 4.74 Å². The van der Waals surface area contributed by atoms with Crippen LogP contribution in [0.1, 0.15) is 12.8 Å². The molecule has 4 heteroatoms. The summed E-state index contributed by atoms with van der Waals surface area (Å²) in [7, 11) is 0. The Hall–Kier alpha value is -1.81. The van der Waals surface area contributed by atoms with E-state index in [1.54, 1.807) is 6.20 Å². The fourth-order valence-electron chi connectivity index (χ4n) is 2.46. The molecule has 1 unspecified atom stereocenters. The highest BCUT2D eigenvalue weighted by atomic mass is 16.5. The standard InChI is InChI=1S/C15H19N3O/c1-2-7-15(18-9-4-8-17-18)14(6-1)16-11-13-5-3-10-19-12-13/h1-2,4,6-9,13,16H,3,5,10-12H2. The van der Waals surface area contributed by atoms with Crippen molar-refractivity contribution in [1.82, 2.24) is 9.78 Å². The summed E-state index contributed by atoms with van der Waals surface area (Å²) in [6.07, 6.45) is 6.18. The highest BCUT2D eigenvalue weighted by Gasteiger charge is 2.14. The molecule has 0 aliphatic carbocycles. The zero-order valence-corrected chi connectivity index (χ0v) is 11.0. The molecular weight excluding hydrogens is 238 g/mol. The summed E-state index contributed by atoms with van der Waals surface area (Å²) in [5.41, 5.74) is 2.21. The molecule has 0 amide bonds. The van der Waals surface area contributed by atoms with Crippen LogP contribution in [0.15, 0.2) is 42.7 Å². The third kappa shape index (κ3) is 2.96. The number of nitrogens with zero attached hydrogens (tertiary/aromatic N) is 2. The maximum absolute atomic E-state index is 5.52. The van der Waals surface area contributed by atoms with Gasteiger partial charge in [-0.2, -0.15) is 5.10 Å². The van der Waals surface area contributed by atoms with E-state index >= 15 is 0 Å². The minimum absolute atomic E-state index is 0.611. The molecule has 2 aromatic rings. The summed E-state index contributed by atoms with van der Waals surface area (Å²) in [4.78, 5) is 0. The number of rotatable bonds is 4. The van der Waals surface area contributed by atoms with Gasteiger partial charge in [-0.15, -0.1) is 0 Å². The van der Waals surface area contributed by atoms with Gasteiger partial charge < -0.3 is 10.1 Å². The van der Waals surface area contributed by atoms with Gasteiger partial charge in [-0.3, -0.25) is 0 Å². The molecule has 4 nitrogen and oxygen atoms in total. The van der Waals surface area contributed by atoms with E-state index in [9.17, 15) is 0 Å². The Morgan fingerprint density at radius 2 is 2.26 bits per heavy atom. The highest BCUT2D eigenvalue weighted by Crippen LogP contribution is 2.21. The molecule has 1 fully saturated rings. The molecule has 0 radical (unpaired) electrons. The Balaban J connectivity index is 1.70. The molecule has 1 atom stereocenters. The minimum Gasteiger partial charge on any atom is -0.383 e. The van der Waals surface area contributed by atoms with Crippen molar-refractivity contribution in [2.45, 2.75) is 12.8 Å². The Morgan fingerprint density at radius 3 is 3.05 bits per heavy atom. The van der Waals surface area contributed by atoms with E-state index in [1.807, 2.05) is 29.1 Å². The summed E-state index contributed by atoms with van der Waals surface area (Å²) < 4.78 is 7.40. The lowest BCUT2D eigenvalue weighted by Gasteiger charge is -2.23. The van der Waals surface area contributed by atoms with E-state index in [2.05, 4.69) is 22.5 Å². The number of hydrogen-bond donors (Lipinski definition) is 1. The second-order valence-electron chi connectivity index (χ2n) is 4.93. The molecule has 0 spiro atoms. The molecule has 1 aromatic carbocycles. The number of hydrogen-bond acceptors (Lipinski definition) is 3. The van der Waals surface area contributed by atoms with Crippen molar-refractivity contribution in [2.75, 3.05) is 25.1 Å². The van der Waals surface area contributed by atoms with Crippen molar-refractivity contribution in [1.29, 1.82) is 0 Å². The van der Waals surface area contributed by atoms with Gasteiger partial charge in [0.15, 0.2) is 0 Å². The number of anilines is 1. The van der Waals surface area contributed by atoms with E-state index in [4.69, 9.17) is 4.74 Å². The van der Waals surface area contributed by atoms with Crippen molar-refractivity contribution >= 4 is 5.69 Å². The molecule has 19 heavy (non-hydrogen) atoms. The van der Waals surface area contributed by atoms with Crippen LogP contribution < -0.4 is 5.32 Å². The molecule has 0 bridgehead atoms. The van der Waals surface area contributed by atoms with Crippen LogP contribution in [-0.4, -0.2) is 29.5 Å². The van der Waals surface area contributed by atoms with E-state index in [1.165, 1.54) is 12.8 Å². The van der Waals surface area contributed by atoms with Crippen molar-refractivity contribution in [3.63, 3.8) is 0 Å². The second-order valence-corrected chi connectivity index (χ2v) is 4.93. The lowest BCUT2D eigenvalue weighted by molar-refractivity contribution is 0.0595. The lowest BCUT2D eigenvalue weighted by Crippen LogP contribution is -2.24. The smallest absolute Gasteiger partial charge is 0.0876 e. The number of para-hydroxylation sites is 2. The predicted octanol–water partition coefficient (Wildman–Crippen LogP) is 2.71. The normalized spacial score (nSPS) is 19.3. The first-order chi connectivity index (χ1) is 9.43. The van der Waals surface area contributed by atoms with Gasteiger partial charge >= 0.3 is 0 Å². The Labute approximate surface area is 113 Å². The molecule has 2 heterocycles. The van der Waals surface area contributed by atoms with Gasteiger partial charge in [0.2, 0.25) is 0 Å². The maximum atomic E-state index is 5.52. The minimum atomic E-state index is 0.611. The maximum Gasteiger partial charge on any atom is 0.0876 e. The summed E-state index contributed by atoms with van der Waals surface area (Å²) in [6, 6.07) is 10.2. The number of ether oxygens (including phenoxy) is 1. The molecule has 1 saturated heterocycles. The first-order valence-electron chi connectivity index (χ1n) is 6.84. The van der Waals surface area contributed by atoms with E-state index in [0.29, 0.717) is 5.92 Å². The van der Waals surface area contributed by atoms with Crippen LogP contribution in [0.3, 0.4) is 0 Å². The summed E-state index contributed by atoms with van der Waals surface area (Å²) in [6.45, 7) is 2.75. The fraction of sp³-hybridized carbons (Fsp3) is 0.400. The largest absolute Gasteiger partial charge is 0.383 e. The molecular formula is C15H19N3O. The summed E-state index contributed by atoms with van der Waals surface area (Å²) in [5.74, 6) is 0.611. The first-order valence-corrected chi connectivity index (χ1v) is 6.84. The number of nitrogens with one attached hydrogen (secondary N) is 1. The van der Waals surface area contributed by atoms with Crippen LogP contribution >= 0.6 is 0 Å². The van der Waals surface area contributed by atoms with Gasteiger partial charge in [-0.05, 0) is 37.0 Å². The van der Waals surface area contributed by atoms with Gasteiger partial charge in [0.1, 0.15) is 0 Å². The van der Waals surface area contributed by atoms with Gasteiger partial charge in [0.25, 0.3) is 0 Å². The van der Waals surface area contributed by atoms with Crippen LogP contribution in [0.4, 0.5) is 5.69 Å². The van der Waals surface area contributed by atoms with E-state index in [-0.39, 0.29) is 0 Å². The zero-order valence-electron chi connectivity index (χ0n) is 11.0. The Kier molecular flexibility index (Phi) is 3.79. The quantitative estimate of drug-likeness (QED) is 0.915. The zero-order chi connectivity index (χ0) is 12.9. The van der Waals surface area contributed by atoms with E-state index in [0.717, 1.165) is 31.1 Å². The van der Waals surface area contributed by atoms with Crippen molar-refractivity contribution in [2.24, 2.45) is 5.92 Å². The summed E-state index contributed by atoms with van der Waals surface area (Å²) >= 11 is 0. The van der Waals surface area contributed by atoms with Crippen molar-refractivity contribution in [3.8, 4) is 5.69 Å². The molecule has 1 aromatic heterocycles. The SMILES string of the molecule is c1ccc(-n2cccn2)c(NCC2CCCOC2)c1. The van der Waals surface area contributed by atoms with E-state index < -0.39 is 0 Å².